The first kappa shape index (κ1) is 22.7. The maximum absolute atomic E-state index is 13.1. The quantitative estimate of drug-likeness (QED) is 0.687. The summed E-state index contributed by atoms with van der Waals surface area (Å²) in [5.74, 6) is 0.0710. The molecule has 1 fully saturated rings. The molecule has 30 heavy (non-hydrogen) atoms. The van der Waals surface area contributed by atoms with Crippen LogP contribution in [0.15, 0.2) is 34.5 Å². The van der Waals surface area contributed by atoms with E-state index in [9.17, 15) is 13.2 Å². The van der Waals surface area contributed by atoms with Gasteiger partial charge in [0.05, 0.1) is 15.6 Å². The van der Waals surface area contributed by atoms with Gasteiger partial charge in [-0.1, -0.05) is 12.1 Å². The van der Waals surface area contributed by atoms with Crippen LogP contribution >= 0.6 is 11.3 Å². The van der Waals surface area contributed by atoms with E-state index in [0.717, 1.165) is 22.7 Å². The Hall–Kier alpha value is -1.97. The number of amides is 1. The van der Waals surface area contributed by atoms with Gasteiger partial charge in [-0.25, -0.2) is 22.5 Å². The zero-order valence-electron chi connectivity index (χ0n) is 18.1. The van der Waals surface area contributed by atoms with Gasteiger partial charge in [0.2, 0.25) is 10.0 Å². The highest BCUT2D eigenvalue weighted by atomic mass is 32.2. The van der Waals surface area contributed by atoms with Crippen LogP contribution in [-0.4, -0.2) is 61.0 Å². The molecule has 1 amide bonds. The van der Waals surface area contributed by atoms with Gasteiger partial charge in [-0.2, -0.15) is 0 Å². The largest absolute Gasteiger partial charge is 0.444 e. The SMILES string of the molecule is Cc1nc(-c2cccc(S(=O)(=O)N(C)CC3CCN(C(=O)OC(C)(C)C)C3)c2)cs1. The van der Waals surface area contributed by atoms with E-state index in [2.05, 4.69) is 4.98 Å². The number of hydrogen-bond acceptors (Lipinski definition) is 6. The lowest BCUT2D eigenvalue weighted by Gasteiger charge is -2.25. The summed E-state index contributed by atoms with van der Waals surface area (Å²) < 4.78 is 33.0. The molecule has 0 N–H and O–H groups in total. The van der Waals surface area contributed by atoms with Crippen molar-refractivity contribution in [2.45, 2.75) is 44.6 Å². The number of aryl methyl sites for hydroxylation is 1. The third-order valence-electron chi connectivity index (χ3n) is 4.91. The monoisotopic (exact) mass is 451 g/mol. The Morgan fingerprint density at radius 2 is 2.10 bits per heavy atom. The number of ether oxygens (including phenoxy) is 1. The van der Waals surface area contributed by atoms with E-state index in [4.69, 9.17) is 4.74 Å². The molecule has 0 saturated carbocycles. The molecule has 2 aromatic rings. The molecule has 2 heterocycles. The summed E-state index contributed by atoms with van der Waals surface area (Å²) >= 11 is 1.53. The minimum Gasteiger partial charge on any atom is -0.444 e. The molecule has 1 aromatic carbocycles. The van der Waals surface area contributed by atoms with Crippen molar-refractivity contribution in [2.75, 3.05) is 26.7 Å². The van der Waals surface area contributed by atoms with Crippen molar-refractivity contribution in [2.24, 2.45) is 5.92 Å². The molecule has 0 aliphatic carbocycles. The molecular formula is C21H29N3O4S2. The van der Waals surface area contributed by atoms with E-state index in [1.165, 1.54) is 15.6 Å². The summed E-state index contributed by atoms with van der Waals surface area (Å²) in [4.78, 5) is 18.6. The fourth-order valence-electron chi connectivity index (χ4n) is 3.43. The van der Waals surface area contributed by atoms with Crippen LogP contribution in [0.1, 0.15) is 32.2 Å². The van der Waals surface area contributed by atoms with Crippen LogP contribution in [0.25, 0.3) is 11.3 Å². The number of thiazole rings is 1. The maximum Gasteiger partial charge on any atom is 0.410 e. The lowest BCUT2D eigenvalue weighted by Crippen LogP contribution is -2.37. The van der Waals surface area contributed by atoms with Crippen LogP contribution in [0.4, 0.5) is 4.79 Å². The van der Waals surface area contributed by atoms with E-state index < -0.39 is 15.6 Å². The summed E-state index contributed by atoms with van der Waals surface area (Å²) in [6.07, 6.45) is 0.402. The first-order valence-electron chi connectivity index (χ1n) is 9.92. The van der Waals surface area contributed by atoms with Crippen molar-refractivity contribution in [1.82, 2.24) is 14.2 Å². The van der Waals surface area contributed by atoms with Gasteiger partial charge in [0.15, 0.2) is 0 Å². The van der Waals surface area contributed by atoms with Gasteiger partial charge in [0.25, 0.3) is 0 Å². The number of aromatic nitrogens is 1. The smallest absolute Gasteiger partial charge is 0.410 e. The highest BCUT2D eigenvalue weighted by molar-refractivity contribution is 7.89. The van der Waals surface area contributed by atoms with Crippen molar-refractivity contribution in [3.05, 3.63) is 34.7 Å². The number of hydrogen-bond donors (Lipinski definition) is 0. The molecule has 1 unspecified atom stereocenters. The van der Waals surface area contributed by atoms with E-state index >= 15 is 0 Å². The topological polar surface area (TPSA) is 79.8 Å². The molecule has 3 rings (SSSR count). The molecule has 1 aliphatic rings. The Labute approximate surface area is 182 Å². The minimum atomic E-state index is -3.64. The molecule has 1 aliphatic heterocycles. The van der Waals surface area contributed by atoms with E-state index in [1.807, 2.05) is 39.1 Å². The normalized spacial score (nSPS) is 17.5. The van der Waals surface area contributed by atoms with Crippen LogP contribution in [0, 0.1) is 12.8 Å². The Morgan fingerprint density at radius 3 is 2.73 bits per heavy atom. The zero-order chi connectivity index (χ0) is 22.1. The molecule has 1 saturated heterocycles. The molecule has 9 heteroatoms. The summed E-state index contributed by atoms with van der Waals surface area (Å²) in [6.45, 7) is 8.84. The number of sulfonamides is 1. The number of rotatable bonds is 5. The predicted molar refractivity (Wildman–Crippen MR) is 118 cm³/mol. The van der Waals surface area contributed by atoms with Crippen LogP contribution in [0.3, 0.4) is 0 Å². The van der Waals surface area contributed by atoms with Gasteiger partial charge in [-0.3, -0.25) is 0 Å². The zero-order valence-corrected chi connectivity index (χ0v) is 19.7. The summed E-state index contributed by atoms with van der Waals surface area (Å²) in [5, 5.41) is 2.86. The predicted octanol–water partition coefficient (Wildman–Crippen LogP) is 4.00. The van der Waals surface area contributed by atoms with Crippen LogP contribution in [0.5, 0.6) is 0 Å². The third kappa shape index (κ3) is 5.39. The number of likely N-dealkylation sites (tertiary alicyclic amines) is 1. The molecular weight excluding hydrogens is 422 g/mol. The van der Waals surface area contributed by atoms with Crippen molar-refractivity contribution >= 4 is 27.5 Å². The number of carbonyl (C=O) groups is 1. The van der Waals surface area contributed by atoms with Gasteiger partial charge in [0, 0.05) is 37.6 Å². The second-order valence-corrected chi connectivity index (χ2v) is 11.8. The highest BCUT2D eigenvalue weighted by Crippen LogP contribution is 2.27. The van der Waals surface area contributed by atoms with E-state index in [0.29, 0.717) is 19.6 Å². The van der Waals surface area contributed by atoms with Gasteiger partial charge in [-0.05, 0) is 52.2 Å². The summed E-state index contributed by atoms with van der Waals surface area (Å²) in [7, 11) is -2.05. The second-order valence-electron chi connectivity index (χ2n) is 8.65. The van der Waals surface area contributed by atoms with Crippen molar-refractivity contribution < 1.29 is 17.9 Å². The van der Waals surface area contributed by atoms with Crippen molar-refractivity contribution in [3.8, 4) is 11.3 Å². The number of nitrogens with zero attached hydrogens (tertiary/aromatic N) is 3. The average Bonchev–Trinajstić information content (AvgIpc) is 3.29. The van der Waals surface area contributed by atoms with Gasteiger partial charge >= 0.3 is 6.09 Å². The number of carbonyl (C=O) groups excluding carboxylic acids is 1. The van der Waals surface area contributed by atoms with E-state index in [1.54, 1.807) is 30.1 Å². The molecule has 1 aromatic heterocycles. The Balaban J connectivity index is 1.67. The summed E-state index contributed by atoms with van der Waals surface area (Å²) in [5.41, 5.74) is 1.02. The van der Waals surface area contributed by atoms with Gasteiger partial charge < -0.3 is 9.64 Å². The Bertz CT molecular complexity index is 1010. The standard InChI is InChI=1S/C21H29N3O4S2/c1-15-22-19(14-29-15)17-7-6-8-18(11-17)30(26,27)23(5)12-16-9-10-24(13-16)20(25)28-21(2,3)4/h6-8,11,14,16H,9-10,12-13H2,1-5H3. The molecule has 164 valence electrons. The first-order valence-corrected chi connectivity index (χ1v) is 12.2. The highest BCUT2D eigenvalue weighted by Gasteiger charge is 2.32. The lowest BCUT2D eigenvalue weighted by molar-refractivity contribution is 0.0287. The first-order chi connectivity index (χ1) is 14.0. The summed E-state index contributed by atoms with van der Waals surface area (Å²) in [6, 6.07) is 6.88. The average molecular weight is 452 g/mol. The lowest BCUT2D eigenvalue weighted by atomic mass is 10.1. The maximum atomic E-state index is 13.1. The van der Waals surface area contributed by atoms with Crippen LogP contribution < -0.4 is 0 Å². The van der Waals surface area contributed by atoms with Crippen molar-refractivity contribution in [1.29, 1.82) is 0 Å². The molecule has 1 atom stereocenters. The van der Waals surface area contributed by atoms with Crippen LogP contribution in [0.2, 0.25) is 0 Å². The van der Waals surface area contributed by atoms with Gasteiger partial charge in [-0.15, -0.1) is 11.3 Å². The minimum absolute atomic E-state index is 0.0710. The second kappa shape index (κ2) is 8.64. The van der Waals surface area contributed by atoms with Crippen molar-refractivity contribution in [3.63, 3.8) is 0 Å². The molecule has 0 bridgehead atoms. The Kier molecular flexibility index (Phi) is 6.54. The molecule has 7 nitrogen and oxygen atoms in total. The van der Waals surface area contributed by atoms with E-state index in [-0.39, 0.29) is 16.9 Å². The molecule has 0 spiro atoms. The number of benzene rings is 1. The fraction of sp³-hybridized carbons (Fsp3) is 0.524. The fourth-order valence-corrected chi connectivity index (χ4v) is 5.34. The third-order valence-corrected chi connectivity index (χ3v) is 7.50. The molecule has 0 radical (unpaired) electrons. The Morgan fingerprint density at radius 1 is 1.37 bits per heavy atom. The van der Waals surface area contributed by atoms with Gasteiger partial charge in [0.1, 0.15) is 5.60 Å². The van der Waals surface area contributed by atoms with Crippen LogP contribution in [-0.2, 0) is 14.8 Å².